The van der Waals surface area contributed by atoms with Crippen molar-refractivity contribution < 1.29 is 13.9 Å². The fraction of sp³-hybridized carbons (Fsp3) is 0.294. The molecule has 0 aliphatic carbocycles. The molecule has 0 amide bonds. The van der Waals surface area contributed by atoms with Gasteiger partial charge in [-0.1, -0.05) is 30.4 Å². The summed E-state index contributed by atoms with van der Waals surface area (Å²) in [6.45, 7) is 1.14. The van der Waals surface area contributed by atoms with Crippen LogP contribution in [0.3, 0.4) is 0 Å². The van der Waals surface area contributed by atoms with Gasteiger partial charge >= 0.3 is 0 Å². The van der Waals surface area contributed by atoms with Gasteiger partial charge in [0.15, 0.2) is 11.5 Å². The standard InChI is InChI=1S/C17H17NO3S/c1-20-9-8-18-14(11-13(19)6-7-17(18)22)16-10-12-4-2-3-5-15(12)21-16/h2-5,10-11H,6-9H2,1H3. The van der Waals surface area contributed by atoms with Crippen LogP contribution < -0.4 is 0 Å². The summed E-state index contributed by atoms with van der Waals surface area (Å²) in [5.74, 6) is 0.729. The Bertz CT molecular complexity index is 714. The molecule has 0 unspecified atom stereocenters. The lowest BCUT2D eigenvalue weighted by molar-refractivity contribution is -0.114. The van der Waals surface area contributed by atoms with E-state index in [0.717, 1.165) is 21.7 Å². The second-order valence-corrected chi connectivity index (χ2v) is 5.65. The number of fused-ring (bicyclic) bond motifs is 1. The van der Waals surface area contributed by atoms with Crippen LogP contribution in [0.25, 0.3) is 16.7 Å². The zero-order valence-electron chi connectivity index (χ0n) is 12.4. The van der Waals surface area contributed by atoms with Gasteiger partial charge in [-0.2, -0.15) is 0 Å². The summed E-state index contributed by atoms with van der Waals surface area (Å²) in [5, 5.41) is 1.01. The van der Waals surface area contributed by atoms with Gasteiger partial charge in [0.2, 0.25) is 0 Å². The average molecular weight is 315 g/mol. The predicted molar refractivity (Wildman–Crippen MR) is 89.6 cm³/mol. The Morgan fingerprint density at radius 2 is 2.14 bits per heavy atom. The molecule has 1 aromatic carbocycles. The normalized spacial score (nSPS) is 16.0. The summed E-state index contributed by atoms with van der Waals surface area (Å²) in [6, 6.07) is 9.73. The Hall–Kier alpha value is -1.98. The number of ketones is 1. The van der Waals surface area contributed by atoms with Gasteiger partial charge in [-0.15, -0.1) is 0 Å². The van der Waals surface area contributed by atoms with Gasteiger partial charge in [-0.25, -0.2) is 0 Å². The van der Waals surface area contributed by atoms with Crippen molar-refractivity contribution in [2.24, 2.45) is 0 Å². The number of furan rings is 1. The molecule has 0 saturated heterocycles. The first-order chi connectivity index (χ1) is 10.7. The number of hydrogen-bond acceptors (Lipinski definition) is 4. The topological polar surface area (TPSA) is 42.7 Å². The van der Waals surface area contributed by atoms with Crippen molar-refractivity contribution in [2.45, 2.75) is 12.8 Å². The van der Waals surface area contributed by atoms with Crippen LogP contribution in [0.15, 0.2) is 40.8 Å². The van der Waals surface area contributed by atoms with Crippen LogP contribution in [0, 0.1) is 0 Å². The SMILES string of the molecule is COCCN1C(=S)CCC(=O)C=C1c1cc2ccccc2o1. The number of ether oxygens (including phenoxy) is 1. The maximum absolute atomic E-state index is 12.0. The lowest BCUT2D eigenvalue weighted by atomic mass is 10.2. The number of para-hydroxylation sites is 1. The molecule has 0 fully saturated rings. The Morgan fingerprint density at radius 3 is 2.91 bits per heavy atom. The number of allylic oxidation sites excluding steroid dienone is 1. The highest BCUT2D eigenvalue weighted by molar-refractivity contribution is 7.80. The third kappa shape index (κ3) is 2.96. The third-order valence-electron chi connectivity index (χ3n) is 3.67. The summed E-state index contributed by atoms with van der Waals surface area (Å²) in [5.41, 5.74) is 1.52. The van der Waals surface area contributed by atoms with Gasteiger partial charge in [-0.05, 0) is 12.1 Å². The third-order valence-corrected chi connectivity index (χ3v) is 4.10. The molecule has 4 nitrogen and oxygen atoms in total. The fourth-order valence-electron chi connectivity index (χ4n) is 2.54. The number of carbonyl (C=O) groups excluding carboxylic acids is 1. The molecule has 2 aromatic rings. The predicted octanol–water partition coefficient (Wildman–Crippen LogP) is 3.41. The molecule has 1 aromatic heterocycles. The molecule has 5 heteroatoms. The van der Waals surface area contributed by atoms with E-state index in [1.807, 2.05) is 35.2 Å². The molecule has 0 saturated carbocycles. The summed E-state index contributed by atoms with van der Waals surface area (Å²) >= 11 is 5.47. The Balaban J connectivity index is 2.04. The van der Waals surface area contributed by atoms with E-state index in [1.54, 1.807) is 13.2 Å². The number of hydrogen-bond donors (Lipinski definition) is 0. The lowest BCUT2D eigenvalue weighted by Crippen LogP contribution is -2.30. The van der Waals surface area contributed by atoms with E-state index in [0.29, 0.717) is 31.8 Å². The van der Waals surface area contributed by atoms with Crippen LogP contribution in [0.1, 0.15) is 18.6 Å². The first-order valence-corrected chi connectivity index (χ1v) is 7.62. The van der Waals surface area contributed by atoms with Crippen LogP contribution in [-0.2, 0) is 9.53 Å². The molecule has 3 rings (SSSR count). The maximum Gasteiger partial charge on any atom is 0.158 e. The minimum absolute atomic E-state index is 0.0673. The van der Waals surface area contributed by atoms with Crippen molar-refractivity contribution in [3.8, 4) is 0 Å². The number of rotatable bonds is 4. The van der Waals surface area contributed by atoms with E-state index < -0.39 is 0 Å². The van der Waals surface area contributed by atoms with Crippen molar-refractivity contribution >= 4 is 39.7 Å². The summed E-state index contributed by atoms with van der Waals surface area (Å²) in [4.78, 5) is 14.7. The monoisotopic (exact) mass is 315 g/mol. The van der Waals surface area contributed by atoms with E-state index in [-0.39, 0.29) is 5.78 Å². The fourth-order valence-corrected chi connectivity index (χ4v) is 2.83. The first-order valence-electron chi connectivity index (χ1n) is 7.22. The highest BCUT2D eigenvalue weighted by atomic mass is 32.1. The van der Waals surface area contributed by atoms with Gasteiger partial charge in [0.05, 0.1) is 17.3 Å². The van der Waals surface area contributed by atoms with Gasteiger partial charge in [-0.3, -0.25) is 4.79 Å². The van der Waals surface area contributed by atoms with E-state index in [2.05, 4.69) is 0 Å². The molecular weight excluding hydrogens is 298 g/mol. The zero-order chi connectivity index (χ0) is 15.5. The quantitative estimate of drug-likeness (QED) is 0.809. The molecule has 2 heterocycles. The number of benzene rings is 1. The molecular formula is C17H17NO3S. The lowest BCUT2D eigenvalue weighted by Gasteiger charge is -2.24. The maximum atomic E-state index is 12.0. The minimum Gasteiger partial charge on any atom is -0.455 e. The van der Waals surface area contributed by atoms with Crippen molar-refractivity contribution in [1.82, 2.24) is 4.90 Å². The van der Waals surface area contributed by atoms with E-state index in [9.17, 15) is 4.79 Å². The van der Waals surface area contributed by atoms with Crippen LogP contribution in [0.4, 0.5) is 0 Å². The van der Waals surface area contributed by atoms with E-state index in [1.165, 1.54) is 0 Å². The van der Waals surface area contributed by atoms with Crippen LogP contribution in [0.2, 0.25) is 0 Å². The number of thiocarbonyl (C=S) groups is 1. The largest absolute Gasteiger partial charge is 0.455 e. The van der Waals surface area contributed by atoms with E-state index in [4.69, 9.17) is 21.4 Å². The molecule has 0 N–H and O–H groups in total. The highest BCUT2D eigenvalue weighted by Gasteiger charge is 2.24. The van der Waals surface area contributed by atoms with Gasteiger partial charge < -0.3 is 14.1 Å². The zero-order valence-corrected chi connectivity index (χ0v) is 13.2. The first kappa shape index (κ1) is 14.9. The molecule has 0 radical (unpaired) electrons. The summed E-state index contributed by atoms with van der Waals surface area (Å²) in [7, 11) is 1.65. The number of carbonyl (C=O) groups is 1. The van der Waals surface area contributed by atoms with E-state index >= 15 is 0 Å². The summed E-state index contributed by atoms with van der Waals surface area (Å²) < 4.78 is 11.1. The Kier molecular flexibility index (Phi) is 4.36. The Labute approximate surface area is 134 Å². The van der Waals surface area contributed by atoms with Crippen LogP contribution in [-0.4, -0.2) is 35.9 Å². The molecule has 0 bridgehead atoms. The number of methoxy groups -OCH3 is 1. The average Bonchev–Trinajstić information content (AvgIpc) is 2.89. The summed E-state index contributed by atoms with van der Waals surface area (Å²) in [6.07, 6.45) is 2.65. The second kappa shape index (κ2) is 6.42. The van der Waals surface area contributed by atoms with Gasteiger partial charge in [0.1, 0.15) is 5.58 Å². The van der Waals surface area contributed by atoms with Crippen LogP contribution >= 0.6 is 12.2 Å². The molecule has 114 valence electrons. The molecule has 1 aliphatic rings. The van der Waals surface area contributed by atoms with Gasteiger partial charge in [0.25, 0.3) is 0 Å². The molecule has 0 spiro atoms. The Morgan fingerprint density at radius 1 is 1.32 bits per heavy atom. The van der Waals surface area contributed by atoms with Crippen molar-refractivity contribution in [3.63, 3.8) is 0 Å². The number of nitrogens with zero attached hydrogens (tertiary/aromatic N) is 1. The smallest absolute Gasteiger partial charge is 0.158 e. The minimum atomic E-state index is 0.0673. The van der Waals surface area contributed by atoms with Gasteiger partial charge in [0, 0.05) is 38.0 Å². The van der Waals surface area contributed by atoms with Crippen molar-refractivity contribution in [2.75, 3.05) is 20.3 Å². The highest BCUT2D eigenvalue weighted by Crippen LogP contribution is 2.29. The van der Waals surface area contributed by atoms with Crippen molar-refractivity contribution in [1.29, 1.82) is 0 Å². The van der Waals surface area contributed by atoms with Crippen LogP contribution in [0.5, 0.6) is 0 Å². The molecule has 22 heavy (non-hydrogen) atoms. The molecule has 1 aliphatic heterocycles. The molecule has 0 atom stereocenters. The van der Waals surface area contributed by atoms with Crippen molar-refractivity contribution in [3.05, 3.63) is 42.2 Å². The second-order valence-electron chi connectivity index (χ2n) is 5.18.